The van der Waals surface area contributed by atoms with E-state index >= 15 is 0 Å². The van der Waals surface area contributed by atoms with Crippen LogP contribution in [-0.2, 0) is 4.79 Å². The molecular weight excluding hydrogens is 162 g/mol. The summed E-state index contributed by atoms with van der Waals surface area (Å²) in [5, 5.41) is 3.40. The second kappa shape index (κ2) is 3.41. The molecule has 0 radical (unpaired) electrons. The van der Waals surface area contributed by atoms with E-state index in [-0.39, 0.29) is 11.0 Å². The van der Waals surface area contributed by atoms with Gasteiger partial charge in [-0.2, -0.15) is 0 Å². The zero-order valence-electron chi connectivity index (χ0n) is 9.18. The molecule has 0 spiro atoms. The van der Waals surface area contributed by atoms with E-state index in [2.05, 4.69) is 26.1 Å². The monoisotopic (exact) mass is 183 g/mol. The maximum Gasteiger partial charge on any atom is 0.120 e. The Morgan fingerprint density at radius 2 is 2.08 bits per heavy atom. The van der Waals surface area contributed by atoms with Crippen LogP contribution in [0.15, 0.2) is 0 Å². The third kappa shape index (κ3) is 1.52. The van der Waals surface area contributed by atoms with Crippen molar-refractivity contribution in [1.82, 2.24) is 5.32 Å². The lowest BCUT2D eigenvalue weighted by Gasteiger charge is -2.41. The molecule has 2 heteroatoms. The standard InChI is InChI=1S/C11H21NO/c1-10(2)9(6-8-13)5-7-11(10,3)12-4/h8-9,12H,5-7H2,1-4H3. The molecule has 1 aliphatic rings. The molecule has 1 saturated carbocycles. The van der Waals surface area contributed by atoms with Gasteiger partial charge in [-0.25, -0.2) is 0 Å². The second-order valence-corrected chi connectivity index (χ2v) is 4.94. The van der Waals surface area contributed by atoms with Crippen LogP contribution < -0.4 is 5.32 Å². The number of hydrogen-bond acceptors (Lipinski definition) is 2. The molecule has 2 atom stereocenters. The molecule has 1 rings (SSSR count). The summed E-state index contributed by atoms with van der Waals surface area (Å²) in [6, 6.07) is 0. The summed E-state index contributed by atoms with van der Waals surface area (Å²) in [4.78, 5) is 10.5. The third-order valence-electron chi connectivity index (χ3n) is 4.37. The van der Waals surface area contributed by atoms with Gasteiger partial charge in [0.2, 0.25) is 0 Å². The second-order valence-electron chi connectivity index (χ2n) is 4.94. The Labute approximate surface area is 81.1 Å². The molecule has 1 N–H and O–H groups in total. The largest absolute Gasteiger partial charge is 0.314 e. The van der Waals surface area contributed by atoms with Crippen molar-refractivity contribution in [2.75, 3.05) is 7.05 Å². The minimum atomic E-state index is 0.195. The molecule has 2 nitrogen and oxygen atoms in total. The van der Waals surface area contributed by atoms with Gasteiger partial charge in [0.1, 0.15) is 6.29 Å². The van der Waals surface area contributed by atoms with E-state index in [1.165, 1.54) is 12.8 Å². The van der Waals surface area contributed by atoms with Gasteiger partial charge in [-0.05, 0) is 38.1 Å². The highest BCUT2D eigenvalue weighted by atomic mass is 16.1. The molecule has 0 aromatic carbocycles. The lowest BCUT2D eigenvalue weighted by atomic mass is 9.70. The number of carbonyl (C=O) groups is 1. The van der Waals surface area contributed by atoms with E-state index < -0.39 is 0 Å². The van der Waals surface area contributed by atoms with Crippen LogP contribution in [0.5, 0.6) is 0 Å². The third-order valence-corrected chi connectivity index (χ3v) is 4.37. The smallest absolute Gasteiger partial charge is 0.120 e. The average Bonchev–Trinajstić information content (AvgIpc) is 2.30. The van der Waals surface area contributed by atoms with E-state index in [0.29, 0.717) is 12.3 Å². The van der Waals surface area contributed by atoms with E-state index in [9.17, 15) is 4.79 Å². The minimum absolute atomic E-state index is 0.195. The number of nitrogens with one attached hydrogen (secondary N) is 1. The molecule has 0 aromatic heterocycles. The Hall–Kier alpha value is -0.370. The Morgan fingerprint density at radius 3 is 2.46 bits per heavy atom. The summed E-state index contributed by atoms with van der Waals surface area (Å²) >= 11 is 0. The molecule has 13 heavy (non-hydrogen) atoms. The van der Waals surface area contributed by atoms with Crippen LogP contribution in [0.3, 0.4) is 0 Å². The maximum absolute atomic E-state index is 10.5. The number of hydrogen-bond donors (Lipinski definition) is 1. The molecule has 0 bridgehead atoms. The number of aldehydes is 1. The van der Waals surface area contributed by atoms with Crippen LogP contribution in [0, 0.1) is 11.3 Å². The molecule has 1 aliphatic carbocycles. The van der Waals surface area contributed by atoms with Crippen LogP contribution in [-0.4, -0.2) is 18.9 Å². The highest BCUT2D eigenvalue weighted by Crippen LogP contribution is 2.50. The molecule has 2 unspecified atom stereocenters. The van der Waals surface area contributed by atoms with Gasteiger partial charge in [0, 0.05) is 12.0 Å². The number of rotatable bonds is 3. The fourth-order valence-electron chi connectivity index (χ4n) is 2.57. The van der Waals surface area contributed by atoms with E-state index in [4.69, 9.17) is 0 Å². The van der Waals surface area contributed by atoms with Crippen molar-refractivity contribution < 1.29 is 4.79 Å². The van der Waals surface area contributed by atoms with Gasteiger partial charge >= 0.3 is 0 Å². The zero-order valence-corrected chi connectivity index (χ0v) is 9.18. The van der Waals surface area contributed by atoms with Crippen molar-refractivity contribution in [2.24, 2.45) is 11.3 Å². The normalized spacial score (nSPS) is 37.7. The molecular formula is C11H21NO. The van der Waals surface area contributed by atoms with Crippen molar-refractivity contribution in [3.05, 3.63) is 0 Å². The Balaban J connectivity index is 2.81. The van der Waals surface area contributed by atoms with Crippen molar-refractivity contribution in [2.45, 2.75) is 45.6 Å². The minimum Gasteiger partial charge on any atom is -0.314 e. The maximum atomic E-state index is 10.5. The van der Waals surface area contributed by atoms with Crippen molar-refractivity contribution in [3.63, 3.8) is 0 Å². The van der Waals surface area contributed by atoms with Gasteiger partial charge in [0.15, 0.2) is 0 Å². The fraction of sp³-hybridized carbons (Fsp3) is 0.909. The van der Waals surface area contributed by atoms with Crippen LogP contribution in [0.1, 0.15) is 40.0 Å². The van der Waals surface area contributed by atoms with Gasteiger partial charge in [-0.1, -0.05) is 13.8 Å². The lowest BCUT2D eigenvalue weighted by molar-refractivity contribution is -0.109. The van der Waals surface area contributed by atoms with Gasteiger partial charge in [0.25, 0.3) is 0 Å². The van der Waals surface area contributed by atoms with Crippen LogP contribution in [0.25, 0.3) is 0 Å². The summed E-state index contributed by atoms with van der Waals surface area (Å²) < 4.78 is 0. The van der Waals surface area contributed by atoms with E-state index in [1.807, 2.05) is 7.05 Å². The van der Waals surface area contributed by atoms with Crippen LogP contribution in [0.2, 0.25) is 0 Å². The predicted octanol–water partition coefficient (Wildman–Crippen LogP) is 1.99. The van der Waals surface area contributed by atoms with Crippen molar-refractivity contribution in [3.8, 4) is 0 Å². The first-order valence-corrected chi connectivity index (χ1v) is 5.10. The topological polar surface area (TPSA) is 29.1 Å². The molecule has 1 fully saturated rings. The summed E-state index contributed by atoms with van der Waals surface area (Å²) in [7, 11) is 2.02. The van der Waals surface area contributed by atoms with Crippen molar-refractivity contribution in [1.29, 1.82) is 0 Å². The molecule has 0 amide bonds. The predicted molar refractivity (Wildman–Crippen MR) is 54.7 cm³/mol. The van der Waals surface area contributed by atoms with Gasteiger partial charge < -0.3 is 10.1 Å². The molecule has 0 heterocycles. The van der Waals surface area contributed by atoms with Crippen LogP contribution >= 0.6 is 0 Å². The van der Waals surface area contributed by atoms with Crippen molar-refractivity contribution >= 4 is 6.29 Å². The Bertz CT molecular complexity index is 200. The Morgan fingerprint density at radius 1 is 1.46 bits per heavy atom. The molecule has 0 aromatic rings. The highest BCUT2D eigenvalue weighted by molar-refractivity contribution is 5.50. The highest BCUT2D eigenvalue weighted by Gasteiger charge is 2.49. The first kappa shape index (κ1) is 10.7. The SMILES string of the molecule is CNC1(C)CCC(CC=O)C1(C)C. The summed E-state index contributed by atoms with van der Waals surface area (Å²) in [5.74, 6) is 0.544. The van der Waals surface area contributed by atoms with E-state index in [0.717, 1.165) is 6.29 Å². The molecule has 0 aliphatic heterocycles. The zero-order chi connectivity index (χ0) is 10.1. The summed E-state index contributed by atoms with van der Waals surface area (Å²) in [5.41, 5.74) is 0.420. The lowest BCUT2D eigenvalue weighted by Crippen LogP contribution is -2.50. The summed E-state index contributed by atoms with van der Waals surface area (Å²) in [6.07, 6.45) is 4.12. The van der Waals surface area contributed by atoms with Gasteiger partial charge in [-0.15, -0.1) is 0 Å². The fourth-order valence-corrected chi connectivity index (χ4v) is 2.57. The molecule has 0 saturated heterocycles. The van der Waals surface area contributed by atoms with E-state index in [1.54, 1.807) is 0 Å². The molecule has 76 valence electrons. The first-order chi connectivity index (χ1) is 5.98. The number of carbonyl (C=O) groups excluding carboxylic acids is 1. The summed E-state index contributed by atoms with van der Waals surface area (Å²) in [6.45, 7) is 6.80. The Kier molecular flexibility index (Phi) is 2.81. The first-order valence-electron chi connectivity index (χ1n) is 5.10. The average molecular weight is 183 g/mol. The quantitative estimate of drug-likeness (QED) is 0.678. The van der Waals surface area contributed by atoms with Gasteiger partial charge in [0.05, 0.1) is 0 Å². The van der Waals surface area contributed by atoms with Gasteiger partial charge in [-0.3, -0.25) is 0 Å². The van der Waals surface area contributed by atoms with Crippen LogP contribution in [0.4, 0.5) is 0 Å².